The lowest BCUT2D eigenvalue weighted by Gasteiger charge is -2.31. The smallest absolute Gasteiger partial charge is 0.131 e. The van der Waals surface area contributed by atoms with Crippen molar-refractivity contribution >= 4 is 20.2 Å². The van der Waals surface area contributed by atoms with Gasteiger partial charge in [0.05, 0.1) is 0 Å². The molecular formula is C7H19NSSi. The van der Waals surface area contributed by atoms with Crippen LogP contribution < -0.4 is 0 Å². The van der Waals surface area contributed by atoms with Crippen molar-refractivity contribution in [2.45, 2.75) is 33.5 Å². The van der Waals surface area contributed by atoms with Crippen LogP contribution >= 0.6 is 11.9 Å². The highest BCUT2D eigenvalue weighted by molar-refractivity contribution is 7.98. The van der Waals surface area contributed by atoms with E-state index < -0.39 is 8.24 Å². The summed E-state index contributed by atoms with van der Waals surface area (Å²) in [4.78, 5) is 0. The molecule has 62 valence electrons. The van der Waals surface area contributed by atoms with Crippen molar-refractivity contribution in [3.05, 3.63) is 0 Å². The van der Waals surface area contributed by atoms with Crippen LogP contribution in [0.5, 0.6) is 0 Å². The molecule has 0 fully saturated rings. The molecule has 0 aromatic heterocycles. The molecule has 0 amide bonds. The molecule has 0 aliphatic heterocycles. The maximum absolute atomic E-state index is 2.55. The largest absolute Gasteiger partial charge is 0.272 e. The quantitative estimate of drug-likeness (QED) is 0.480. The van der Waals surface area contributed by atoms with E-state index in [1.807, 2.05) is 11.9 Å². The predicted octanol–water partition coefficient (Wildman–Crippen LogP) is 2.81. The summed E-state index contributed by atoms with van der Waals surface area (Å²) in [6.07, 6.45) is 0. The Morgan fingerprint density at radius 2 is 1.70 bits per heavy atom. The van der Waals surface area contributed by atoms with Gasteiger partial charge in [-0.15, -0.1) is 0 Å². The average Bonchev–Trinajstić information content (AvgIpc) is 1.80. The number of nitrogens with zero attached hydrogens (tertiary/aromatic N) is 1. The lowest BCUT2D eigenvalue weighted by atomic mass is 10.8. The zero-order valence-electron chi connectivity index (χ0n) is 7.77. The van der Waals surface area contributed by atoms with Gasteiger partial charge in [0.15, 0.2) is 0 Å². The van der Waals surface area contributed by atoms with Gasteiger partial charge in [0.25, 0.3) is 0 Å². The summed E-state index contributed by atoms with van der Waals surface area (Å²) in [5, 5.41) is 0. The molecule has 0 aliphatic rings. The molecular weight excluding hydrogens is 158 g/mol. The standard InChI is InChI=1S/C7H19NSSi/c1-6-8(9-7-2)10(3,4)5/h6-7H2,1-5H3. The molecule has 1 nitrogen and oxygen atoms in total. The van der Waals surface area contributed by atoms with Gasteiger partial charge in [0.2, 0.25) is 0 Å². The molecule has 10 heavy (non-hydrogen) atoms. The third-order valence-electron chi connectivity index (χ3n) is 1.32. The van der Waals surface area contributed by atoms with Crippen LogP contribution in [0.1, 0.15) is 13.8 Å². The first-order valence-electron chi connectivity index (χ1n) is 3.93. The Balaban J connectivity index is 3.81. The lowest BCUT2D eigenvalue weighted by Crippen LogP contribution is -2.40. The summed E-state index contributed by atoms with van der Waals surface area (Å²) in [5.74, 6) is 1.21. The van der Waals surface area contributed by atoms with Gasteiger partial charge in [-0.1, -0.05) is 45.4 Å². The molecule has 0 saturated carbocycles. The zero-order chi connectivity index (χ0) is 8.20. The van der Waals surface area contributed by atoms with Gasteiger partial charge < -0.3 is 0 Å². The van der Waals surface area contributed by atoms with Crippen LogP contribution in [0.4, 0.5) is 0 Å². The fraction of sp³-hybridized carbons (Fsp3) is 1.00. The average molecular weight is 177 g/mol. The Kier molecular flexibility index (Phi) is 4.65. The second kappa shape index (κ2) is 4.41. The van der Waals surface area contributed by atoms with Crippen LogP contribution in [0.2, 0.25) is 19.6 Å². The third kappa shape index (κ3) is 3.64. The minimum atomic E-state index is -1.01. The highest BCUT2D eigenvalue weighted by Crippen LogP contribution is 2.18. The van der Waals surface area contributed by atoms with Crippen molar-refractivity contribution in [2.24, 2.45) is 0 Å². The summed E-state index contributed by atoms with van der Waals surface area (Å²) in [7, 11) is -1.01. The number of hydrogen-bond donors (Lipinski definition) is 0. The van der Waals surface area contributed by atoms with E-state index in [9.17, 15) is 0 Å². The minimum Gasteiger partial charge on any atom is -0.272 e. The van der Waals surface area contributed by atoms with Crippen LogP contribution in [-0.4, -0.2) is 24.5 Å². The second-order valence-electron chi connectivity index (χ2n) is 3.28. The summed E-state index contributed by atoms with van der Waals surface area (Å²) in [6.45, 7) is 12.8. The van der Waals surface area contributed by atoms with Crippen LogP contribution in [0.15, 0.2) is 0 Å². The maximum Gasteiger partial charge on any atom is 0.131 e. The Morgan fingerprint density at radius 3 is 1.80 bits per heavy atom. The summed E-state index contributed by atoms with van der Waals surface area (Å²) >= 11 is 1.98. The molecule has 0 aromatic carbocycles. The van der Waals surface area contributed by atoms with Gasteiger partial charge in [0.1, 0.15) is 8.24 Å². The Bertz CT molecular complexity index is 90.1. The number of rotatable bonds is 4. The fourth-order valence-electron chi connectivity index (χ4n) is 0.915. The van der Waals surface area contributed by atoms with Gasteiger partial charge >= 0.3 is 0 Å². The zero-order valence-corrected chi connectivity index (χ0v) is 9.59. The summed E-state index contributed by atoms with van der Waals surface area (Å²) < 4.78 is 2.55. The minimum absolute atomic E-state index is 1.01. The first kappa shape index (κ1) is 10.5. The van der Waals surface area contributed by atoms with E-state index in [0.717, 1.165) is 0 Å². The fourth-order valence-corrected chi connectivity index (χ4v) is 4.29. The highest BCUT2D eigenvalue weighted by Gasteiger charge is 2.21. The van der Waals surface area contributed by atoms with E-state index in [4.69, 9.17) is 0 Å². The van der Waals surface area contributed by atoms with Crippen molar-refractivity contribution in [3.8, 4) is 0 Å². The first-order valence-corrected chi connectivity index (χ1v) is 8.32. The molecule has 0 saturated heterocycles. The summed E-state index contributed by atoms with van der Waals surface area (Å²) in [5.41, 5.74) is 0. The Labute approximate surface area is 70.4 Å². The molecule has 3 heteroatoms. The maximum atomic E-state index is 2.55. The normalized spacial score (nSPS) is 12.6. The van der Waals surface area contributed by atoms with E-state index >= 15 is 0 Å². The Morgan fingerprint density at radius 1 is 1.20 bits per heavy atom. The van der Waals surface area contributed by atoms with Crippen molar-refractivity contribution < 1.29 is 0 Å². The molecule has 0 unspecified atom stereocenters. The van der Waals surface area contributed by atoms with Crippen molar-refractivity contribution in [2.75, 3.05) is 12.3 Å². The predicted molar refractivity (Wildman–Crippen MR) is 53.9 cm³/mol. The van der Waals surface area contributed by atoms with Gasteiger partial charge in [-0.3, -0.25) is 3.97 Å². The molecule has 0 aromatic rings. The van der Waals surface area contributed by atoms with Crippen LogP contribution in [-0.2, 0) is 0 Å². The molecule has 0 spiro atoms. The Hall–Kier alpha value is 0.527. The van der Waals surface area contributed by atoms with Crippen LogP contribution in [0.25, 0.3) is 0 Å². The van der Waals surface area contributed by atoms with E-state index in [-0.39, 0.29) is 0 Å². The molecule has 0 radical (unpaired) electrons. The molecule has 0 aliphatic carbocycles. The lowest BCUT2D eigenvalue weighted by molar-refractivity contribution is 0.717. The van der Waals surface area contributed by atoms with Crippen molar-refractivity contribution in [3.63, 3.8) is 0 Å². The van der Waals surface area contributed by atoms with Crippen LogP contribution in [0, 0.1) is 0 Å². The van der Waals surface area contributed by atoms with E-state index in [1.165, 1.54) is 12.3 Å². The first-order chi connectivity index (χ1) is 4.52. The highest BCUT2D eigenvalue weighted by atomic mass is 32.2. The van der Waals surface area contributed by atoms with Crippen molar-refractivity contribution in [1.29, 1.82) is 0 Å². The van der Waals surface area contributed by atoms with Crippen molar-refractivity contribution in [1.82, 2.24) is 3.97 Å². The van der Waals surface area contributed by atoms with E-state index in [1.54, 1.807) is 0 Å². The molecule has 0 heterocycles. The van der Waals surface area contributed by atoms with E-state index in [2.05, 4.69) is 37.5 Å². The SMILES string of the molecule is CCSN(CC)[Si](C)(C)C. The topological polar surface area (TPSA) is 3.24 Å². The molecule has 0 rings (SSSR count). The van der Waals surface area contributed by atoms with Gasteiger partial charge in [-0.2, -0.15) is 0 Å². The summed E-state index contributed by atoms with van der Waals surface area (Å²) in [6, 6.07) is 0. The molecule has 0 N–H and O–H groups in total. The van der Waals surface area contributed by atoms with Gasteiger partial charge in [0, 0.05) is 5.75 Å². The third-order valence-corrected chi connectivity index (χ3v) is 5.99. The second-order valence-corrected chi connectivity index (χ2v) is 9.77. The van der Waals surface area contributed by atoms with Gasteiger partial charge in [-0.05, 0) is 6.54 Å². The molecule has 0 bridgehead atoms. The number of hydrogen-bond acceptors (Lipinski definition) is 2. The monoisotopic (exact) mass is 177 g/mol. The van der Waals surface area contributed by atoms with Gasteiger partial charge in [-0.25, -0.2) is 0 Å². The molecule has 0 atom stereocenters. The van der Waals surface area contributed by atoms with E-state index in [0.29, 0.717) is 0 Å². The van der Waals surface area contributed by atoms with Crippen LogP contribution in [0.3, 0.4) is 0 Å².